The van der Waals surface area contributed by atoms with Crippen molar-refractivity contribution in [3.63, 3.8) is 0 Å². The molecule has 0 aromatic heterocycles. The minimum atomic E-state index is -3.94. The summed E-state index contributed by atoms with van der Waals surface area (Å²) in [5.74, 6) is 0.610. The Bertz CT molecular complexity index is 1130. The number of anilines is 2. The number of aliphatic carboxylic acids is 1. The van der Waals surface area contributed by atoms with E-state index < -0.39 is 16.0 Å². The van der Waals surface area contributed by atoms with Crippen molar-refractivity contribution >= 4 is 38.9 Å². The average Bonchev–Trinajstić information content (AvgIpc) is 2.66. The summed E-state index contributed by atoms with van der Waals surface area (Å²) in [7, 11) is -3.94. The van der Waals surface area contributed by atoms with Crippen LogP contribution in [0, 0.1) is 0 Å². The molecule has 0 fully saturated rings. The van der Waals surface area contributed by atoms with Crippen LogP contribution in [-0.2, 0) is 19.6 Å². The normalized spacial score (nSPS) is 13.2. The molecule has 0 saturated heterocycles. The number of carbonyl (C=O) groups excluding carboxylic acids is 1. The largest absolute Gasteiger partial charge is 0.478 e. The van der Waals surface area contributed by atoms with Crippen LogP contribution in [0.4, 0.5) is 11.4 Å². The predicted octanol–water partition coefficient (Wildman–Crippen LogP) is 3.22. The highest BCUT2D eigenvalue weighted by Gasteiger charge is 2.25. The van der Waals surface area contributed by atoms with Crippen molar-refractivity contribution in [2.75, 3.05) is 10.0 Å². The van der Waals surface area contributed by atoms with Crippen molar-refractivity contribution in [1.29, 1.82) is 0 Å². The van der Waals surface area contributed by atoms with Gasteiger partial charge in [0.05, 0.1) is 16.0 Å². The first kappa shape index (κ1) is 19.4. The van der Waals surface area contributed by atoms with Crippen molar-refractivity contribution < 1.29 is 23.1 Å². The number of carboxylic acids is 1. The third-order valence-corrected chi connectivity index (χ3v) is 5.75. The zero-order valence-electron chi connectivity index (χ0n) is 15.2. The van der Waals surface area contributed by atoms with Crippen LogP contribution in [0.15, 0.2) is 59.1 Å². The summed E-state index contributed by atoms with van der Waals surface area (Å²) >= 11 is 0. The maximum Gasteiger partial charge on any atom is 0.338 e. The lowest BCUT2D eigenvalue weighted by molar-refractivity contribution is -0.132. The Morgan fingerprint density at radius 2 is 1.82 bits per heavy atom. The van der Waals surface area contributed by atoms with Gasteiger partial charge < -0.3 is 10.4 Å². The summed E-state index contributed by atoms with van der Waals surface area (Å²) in [6.07, 6.45) is 1.17. The van der Waals surface area contributed by atoms with Gasteiger partial charge in [0.25, 0.3) is 10.0 Å². The molecule has 2 aromatic rings. The molecule has 1 aliphatic rings. The predicted molar refractivity (Wildman–Crippen MR) is 106 cm³/mol. The maximum absolute atomic E-state index is 12.7. The average molecular weight is 398 g/mol. The summed E-state index contributed by atoms with van der Waals surface area (Å²) in [4.78, 5) is 22.5. The number of carboxylic acid groups (broad SMARTS) is 1. The smallest absolute Gasteiger partial charge is 0.338 e. The minimum Gasteiger partial charge on any atom is -0.478 e. The van der Waals surface area contributed by atoms with Crippen LogP contribution in [0.2, 0.25) is 0 Å². The molecule has 3 N–H and O–H groups in total. The summed E-state index contributed by atoms with van der Waals surface area (Å²) in [5.41, 5.74) is 1.57. The Kier molecular flexibility index (Phi) is 5.09. The van der Waals surface area contributed by atoms with Crippen molar-refractivity contribution in [1.82, 2.24) is 0 Å². The topological polar surface area (TPSA) is 113 Å². The van der Waals surface area contributed by atoms with Crippen LogP contribution in [0.3, 0.4) is 0 Å². The van der Waals surface area contributed by atoms with Crippen LogP contribution in [0.1, 0.15) is 30.9 Å². The number of rotatable bonds is 5. The van der Waals surface area contributed by atoms with E-state index in [0.29, 0.717) is 17.3 Å². The van der Waals surface area contributed by atoms with Gasteiger partial charge in [-0.1, -0.05) is 26.0 Å². The van der Waals surface area contributed by atoms with Gasteiger partial charge in [-0.2, -0.15) is 0 Å². The highest BCUT2D eigenvalue weighted by Crippen LogP contribution is 2.34. The number of carbonyl (C=O) groups is 1. The number of hydrogen-bond acceptors (Lipinski definition) is 5. The minimum absolute atomic E-state index is 0.0969. The van der Waals surface area contributed by atoms with Gasteiger partial charge in [-0.15, -0.1) is 0 Å². The second-order valence-corrected chi connectivity index (χ2v) is 8.26. The van der Waals surface area contributed by atoms with E-state index in [0.717, 1.165) is 5.56 Å². The van der Waals surface area contributed by atoms with E-state index in [-0.39, 0.29) is 21.6 Å². The number of benzene rings is 2. The molecule has 0 amide bonds. The number of sulfonamides is 1. The quantitative estimate of drug-likeness (QED) is 0.667. The molecule has 0 unspecified atom stereocenters. The van der Waals surface area contributed by atoms with E-state index in [9.17, 15) is 23.1 Å². The second-order valence-electron chi connectivity index (χ2n) is 6.57. The van der Waals surface area contributed by atoms with E-state index in [4.69, 9.17) is 0 Å². The van der Waals surface area contributed by atoms with Crippen LogP contribution in [0.25, 0.3) is 5.57 Å². The summed E-state index contributed by atoms with van der Waals surface area (Å²) in [6, 6.07) is 11.1. The monoisotopic (exact) mass is 398 g/mol. The lowest BCUT2D eigenvalue weighted by Gasteiger charge is -2.18. The molecule has 0 saturated carbocycles. The molecular formula is C20H18N2O5S. The molecule has 0 radical (unpaired) electrons. The molecule has 28 heavy (non-hydrogen) atoms. The van der Waals surface area contributed by atoms with Crippen molar-refractivity contribution in [3.05, 3.63) is 65.4 Å². The molecule has 144 valence electrons. The van der Waals surface area contributed by atoms with E-state index in [1.165, 1.54) is 24.4 Å². The summed E-state index contributed by atoms with van der Waals surface area (Å²) < 4.78 is 28.0. The van der Waals surface area contributed by atoms with Gasteiger partial charge >= 0.3 is 5.97 Å². The van der Waals surface area contributed by atoms with E-state index in [2.05, 4.69) is 10.0 Å². The molecule has 2 aromatic carbocycles. The van der Waals surface area contributed by atoms with Gasteiger partial charge in [-0.3, -0.25) is 4.72 Å². The molecule has 0 spiro atoms. The van der Waals surface area contributed by atoms with Gasteiger partial charge in [0.1, 0.15) is 5.94 Å². The summed E-state index contributed by atoms with van der Waals surface area (Å²) in [6.45, 7) is 4.08. The lowest BCUT2D eigenvalue weighted by atomic mass is 9.96. The fourth-order valence-electron chi connectivity index (χ4n) is 2.82. The second kappa shape index (κ2) is 7.34. The zero-order chi connectivity index (χ0) is 20.5. The highest BCUT2D eigenvalue weighted by atomic mass is 32.2. The summed E-state index contributed by atoms with van der Waals surface area (Å²) in [5, 5.41) is 12.0. The van der Waals surface area contributed by atoms with Gasteiger partial charge in [-0.05, 0) is 41.8 Å². The molecule has 3 rings (SSSR count). The third-order valence-electron chi connectivity index (χ3n) is 4.37. The van der Waals surface area contributed by atoms with E-state index in [1.807, 2.05) is 26.0 Å². The van der Waals surface area contributed by atoms with Crippen molar-refractivity contribution in [2.24, 2.45) is 0 Å². The zero-order valence-corrected chi connectivity index (χ0v) is 16.0. The number of hydrogen-bond donors (Lipinski definition) is 3. The Balaban J connectivity index is 1.95. The van der Waals surface area contributed by atoms with E-state index >= 15 is 0 Å². The Morgan fingerprint density at radius 3 is 2.39 bits per heavy atom. The van der Waals surface area contributed by atoms with Gasteiger partial charge in [-0.25, -0.2) is 18.0 Å². The number of fused-ring (bicyclic) bond motifs is 1. The molecule has 1 heterocycles. The number of nitrogens with one attached hydrogen (secondary N) is 2. The molecule has 0 aliphatic carbocycles. The molecule has 1 aliphatic heterocycles. The van der Waals surface area contributed by atoms with Gasteiger partial charge in [0.2, 0.25) is 0 Å². The van der Waals surface area contributed by atoms with Gasteiger partial charge in [0.15, 0.2) is 0 Å². The fourth-order valence-corrected chi connectivity index (χ4v) is 3.90. The van der Waals surface area contributed by atoms with Crippen molar-refractivity contribution in [2.45, 2.75) is 24.7 Å². The Morgan fingerprint density at radius 1 is 1.14 bits per heavy atom. The molecule has 0 atom stereocenters. The van der Waals surface area contributed by atoms with E-state index in [1.54, 1.807) is 18.1 Å². The SMILES string of the molecule is CC(C)c1ccc(NS(=O)(=O)c2ccc3c(c2)C(=C=O)C(C(=O)O)=CN3)cc1. The molecule has 0 bridgehead atoms. The Labute approximate surface area is 162 Å². The van der Waals surface area contributed by atoms with Crippen LogP contribution in [-0.4, -0.2) is 25.4 Å². The highest BCUT2D eigenvalue weighted by molar-refractivity contribution is 7.92. The standard InChI is InChI=1S/C20H18N2O5S/c1-12(2)13-3-5-14(6-4-13)22-28(26,27)15-7-8-19-16(9-15)18(11-23)17(10-21-19)20(24)25/h3-10,12,21-22H,1-2H3,(H,24,25). The van der Waals surface area contributed by atoms with Gasteiger partial charge in [0, 0.05) is 23.1 Å². The van der Waals surface area contributed by atoms with Crippen molar-refractivity contribution in [3.8, 4) is 0 Å². The molecular weight excluding hydrogens is 380 g/mol. The fraction of sp³-hybridized carbons (Fsp3) is 0.150. The first-order valence-electron chi connectivity index (χ1n) is 8.45. The Hall–Kier alpha value is -3.35. The maximum atomic E-state index is 12.7. The first-order valence-corrected chi connectivity index (χ1v) is 9.94. The molecule has 7 nitrogen and oxygen atoms in total. The first-order chi connectivity index (χ1) is 13.2. The van der Waals surface area contributed by atoms with Crippen LogP contribution in [0.5, 0.6) is 0 Å². The molecule has 8 heteroatoms. The van der Waals surface area contributed by atoms with Crippen LogP contribution < -0.4 is 10.0 Å². The lowest BCUT2D eigenvalue weighted by Crippen LogP contribution is -2.16. The van der Waals surface area contributed by atoms with Crippen LogP contribution >= 0.6 is 0 Å². The third kappa shape index (κ3) is 3.69.